The Hall–Kier alpha value is -2.51. The van der Waals surface area contributed by atoms with Crippen LogP contribution in [0.2, 0.25) is 0 Å². The van der Waals surface area contributed by atoms with Gasteiger partial charge in [-0.05, 0) is 36.8 Å². The molecule has 0 fully saturated rings. The molecule has 0 spiro atoms. The Morgan fingerprint density at radius 3 is 2.17 bits per heavy atom. The molecule has 1 atom stereocenters. The molecule has 24 heavy (non-hydrogen) atoms. The Kier molecular flexibility index (Phi) is 5.16. The van der Waals surface area contributed by atoms with Crippen molar-refractivity contribution in [3.8, 4) is 0 Å². The predicted octanol–water partition coefficient (Wildman–Crippen LogP) is 2.79. The lowest BCUT2D eigenvalue weighted by molar-refractivity contribution is -0.132. The van der Waals surface area contributed by atoms with Crippen molar-refractivity contribution in [1.29, 1.82) is 0 Å². The maximum Gasteiger partial charge on any atom is 0.332 e. The molecule has 0 saturated carbocycles. The normalized spacial score (nSPS) is 12.6. The summed E-state index contributed by atoms with van der Waals surface area (Å²) in [5.74, 6) is -1.87. The van der Waals surface area contributed by atoms with Crippen LogP contribution in [0.3, 0.4) is 0 Å². The molecule has 2 aromatic rings. The van der Waals surface area contributed by atoms with E-state index in [1.54, 1.807) is 12.1 Å². The van der Waals surface area contributed by atoms with Gasteiger partial charge in [-0.2, -0.15) is 4.72 Å². The van der Waals surface area contributed by atoms with Crippen molar-refractivity contribution in [2.45, 2.75) is 17.9 Å². The van der Waals surface area contributed by atoms with Gasteiger partial charge in [0, 0.05) is 0 Å². The van der Waals surface area contributed by atoms with Gasteiger partial charge in [0.1, 0.15) is 5.82 Å². The second-order valence-corrected chi connectivity index (χ2v) is 6.96. The number of nitrogens with one attached hydrogen (secondary N) is 1. The maximum absolute atomic E-state index is 13.1. The molecule has 1 unspecified atom stereocenters. The van der Waals surface area contributed by atoms with E-state index in [0.29, 0.717) is 0 Å². The van der Waals surface area contributed by atoms with Crippen LogP contribution in [0, 0.1) is 12.7 Å². The summed E-state index contributed by atoms with van der Waals surface area (Å²) in [7, 11) is -3.98. The fourth-order valence-electron chi connectivity index (χ4n) is 2.06. The molecule has 0 aliphatic heterocycles. The van der Waals surface area contributed by atoms with Gasteiger partial charge in [-0.3, -0.25) is 0 Å². The van der Waals surface area contributed by atoms with E-state index in [1.807, 2.05) is 6.92 Å². The lowest BCUT2D eigenvalue weighted by Crippen LogP contribution is -2.31. The zero-order chi connectivity index (χ0) is 17.9. The zero-order valence-electron chi connectivity index (χ0n) is 12.9. The van der Waals surface area contributed by atoms with Crippen LogP contribution in [0.25, 0.3) is 0 Å². The molecule has 0 saturated heterocycles. The van der Waals surface area contributed by atoms with Gasteiger partial charge < -0.3 is 5.11 Å². The summed E-state index contributed by atoms with van der Waals surface area (Å²) in [6, 6.07) is 9.76. The monoisotopic (exact) mass is 349 g/mol. The van der Waals surface area contributed by atoms with Crippen LogP contribution in [-0.4, -0.2) is 19.5 Å². The van der Waals surface area contributed by atoms with Crippen molar-refractivity contribution >= 4 is 16.0 Å². The van der Waals surface area contributed by atoms with E-state index in [-0.39, 0.29) is 16.0 Å². The van der Waals surface area contributed by atoms with E-state index < -0.39 is 27.9 Å². The third-order valence-corrected chi connectivity index (χ3v) is 4.87. The summed E-state index contributed by atoms with van der Waals surface area (Å²) >= 11 is 0. The molecular formula is C17H16FNO4S. The first-order valence-corrected chi connectivity index (χ1v) is 8.45. The summed E-state index contributed by atoms with van der Waals surface area (Å²) < 4.78 is 40.4. The number of carboxylic acid groups (broad SMARTS) is 1. The molecule has 0 heterocycles. The number of rotatable bonds is 6. The van der Waals surface area contributed by atoms with Gasteiger partial charge in [0.2, 0.25) is 10.0 Å². The SMILES string of the molecule is C=C(C(=O)O)C(NS(=O)(=O)c1ccc(C)cc1)c1ccc(F)cc1. The van der Waals surface area contributed by atoms with Gasteiger partial charge in [-0.1, -0.05) is 36.4 Å². The summed E-state index contributed by atoms with van der Waals surface area (Å²) in [5, 5.41) is 9.16. The van der Waals surface area contributed by atoms with Crippen molar-refractivity contribution in [1.82, 2.24) is 4.72 Å². The Balaban J connectivity index is 2.41. The van der Waals surface area contributed by atoms with Gasteiger partial charge >= 0.3 is 5.97 Å². The number of halogens is 1. The number of hydrogen-bond acceptors (Lipinski definition) is 3. The van der Waals surface area contributed by atoms with Gasteiger partial charge in [-0.25, -0.2) is 17.6 Å². The zero-order valence-corrected chi connectivity index (χ0v) is 13.7. The number of aliphatic carboxylic acids is 1. The first kappa shape index (κ1) is 17.8. The number of aryl methyl sites for hydroxylation is 1. The fraction of sp³-hybridized carbons (Fsp3) is 0.118. The van der Waals surface area contributed by atoms with Crippen LogP contribution in [0.1, 0.15) is 17.2 Å². The van der Waals surface area contributed by atoms with E-state index >= 15 is 0 Å². The highest BCUT2D eigenvalue weighted by molar-refractivity contribution is 7.89. The number of hydrogen-bond donors (Lipinski definition) is 2. The standard InChI is InChI=1S/C17H16FNO4S/c1-11-3-9-15(10-4-11)24(22,23)19-16(12(2)17(20)21)13-5-7-14(18)8-6-13/h3-10,16,19H,2H2,1H3,(H,20,21). The van der Waals surface area contributed by atoms with Crippen LogP contribution in [0.15, 0.2) is 65.6 Å². The first-order chi connectivity index (χ1) is 11.2. The van der Waals surface area contributed by atoms with E-state index in [0.717, 1.165) is 17.7 Å². The molecule has 0 amide bonds. The van der Waals surface area contributed by atoms with Crippen molar-refractivity contribution in [3.05, 3.63) is 77.6 Å². The number of sulfonamides is 1. The molecule has 5 nitrogen and oxygen atoms in total. The predicted molar refractivity (Wildman–Crippen MR) is 87.4 cm³/mol. The molecule has 7 heteroatoms. The van der Waals surface area contributed by atoms with Gasteiger partial charge in [0.25, 0.3) is 0 Å². The number of carbonyl (C=O) groups is 1. The lowest BCUT2D eigenvalue weighted by Gasteiger charge is -2.19. The third-order valence-electron chi connectivity index (χ3n) is 3.43. The van der Waals surface area contributed by atoms with Crippen LogP contribution in [0.5, 0.6) is 0 Å². The largest absolute Gasteiger partial charge is 0.478 e. The van der Waals surface area contributed by atoms with Crippen LogP contribution in [-0.2, 0) is 14.8 Å². The average Bonchev–Trinajstić information content (AvgIpc) is 2.53. The van der Waals surface area contributed by atoms with Crippen LogP contribution >= 0.6 is 0 Å². The summed E-state index contributed by atoms with van der Waals surface area (Å²) in [4.78, 5) is 11.2. The van der Waals surface area contributed by atoms with Crippen molar-refractivity contribution in [2.24, 2.45) is 0 Å². The second-order valence-electron chi connectivity index (χ2n) is 5.25. The van der Waals surface area contributed by atoms with Crippen molar-refractivity contribution in [2.75, 3.05) is 0 Å². The average molecular weight is 349 g/mol. The molecule has 0 bridgehead atoms. The highest BCUT2D eigenvalue weighted by Gasteiger charge is 2.26. The smallest absolute Gasteiger partial charge is 0.332 e. The van der Waals surface area contributed by atoms with Crippen LogP contribution < -0.4 is 4.72 Å². The Morgan fingerprint density at radius 1 is 1.12 bits per heavy atom. The van der Waals surface area contributed by atoms with E-state index in [1.165, 1.54) is 24.3 Å². The number of benzene rings is 2. The summed E-state index contributed by atoms with van der Waals surface area (Å²) in [5.41, 5.74) is 0.802. The summed E-state index contributed by atoms with van der Waals surface area (Å²) in [6.07, 6.45) is 0. The molecule has 0 aliphatic rings. The molecule has 0 radical (unpaired) electrons. The fourth-order valence-corrected chi connectivity index (χ4v) is 3.28. The van der Waals surface area contributed by atoms with Gasteiger partial charge in [0.05, 0.1) is 16.5 Å². The number of carboxylic acids is 1. The molecule has 2 aromatic carbocycles. The van der Waals surface area contributed by atoms with Crippen LogP contribution in [0.4, 0.5) is 4.39 Å². The molecule has 0 aromatic heterocycles. The summed E-state index contributed by atoms with van der Waals surface area (Å²) in [6.45, 7) is 5.24. The minimum Gasteiger partial charge on any atom is -0.478 e. The Bertz CT molecular complexity index is 858. The molecule has 2 rings (SSSR count). The quantitative estimate of drug-likeness (QED) is 0.786. The minimum absolute atomic E-state index is 0.00148. The molecule has 126 valence electrons. The third kappa shape index (κ3) is 4.06. The van der Waals surface area contributed by atoms with E-state index in [4.69, 9.17) is 5.11 Å². The molecular weight excluding hydrogens is 333 g/mol. The van der Waals surface area contributed by atoms with E-state index in [9.17, 15) is 17.6 Å². The Morgan fingerprint density at radius 2 is 1.67 bits per heavy atom. The van der Waals surface area contributed by atoms with Crippen molar-refractivity contribution in [3.63, 3.8) is 0 Å². The minimum atomic E-state index is -3.98. The van der Waals surface area contributed by atoms with Gasteiger partial charge in [0.15, 0.2) is 0 Å². The molecule has 0 aliphatic carbocycles. The molecule has 2 N–H and O–H groups in total. The topological polar surface area (TPSA) is 83.5 Å². The Labute approximate surface area is 139 Å². The lowest BCUT2D eigenvalue weighted by atomic mass is 10.0. The van der Waals surface area contributed by atoms with E-state index in [2.05, 4.69) is 11.3 Å². The maximum atomic E-state index is 13.1. The highest BCUT2D eigenvalue weighted by atomic mass is 32.2. The van der Waals surface area contributed by atoms with Gasteiger partial charge in [-0.15, -0.1) is 0 Å². The second kappa shape index (κ2) is 6.94. The van der Waals surface area contributed by atoms with Crippen molar-refractivity contribution < 1.29 is 22.7 Å². The first-order valence-electron chi connectivity index (χ1n) is 6.97. The highest BCUT2D eigenvalue weighted by Crippen LogP contribution is 2.24.